The summed E-state index contributed by atoms with van der Waals surface area (Å²) in [6.07, 6.45) is 41.0. The van der Waals surface area contributed by atoms with Crippen LogP contribution in [0.4, 0.5) is 0 Å². The summed E-state index contributed by atoms with van der Waals surface area (Å²) in [6.45, 7) is 6.33. The summed E-state index contributed by atoms with van der Waals surface area (Å²) in [6, 6.07) is -0.728. The minimum absolute atomic E-state index is 0.0312. The van der Waals surface area contributed by atoms with Crippen molar-refractivity contribution in [2.24, 2.45) is 0 Å². The van der Waals surface area contributed by atoms with E-state index in [0.717, 1.165) is 64.2 Å². The van der Waals surface area contributed by atoms with Crippen LogP contribution in [0.1, 0.15) is 201 Å². The minimum Gasteiger partial charge on any atom is -0.458 e. The number of nitrogens with one attached hydrogen (secondary N) is 1. The van der Waals surface area contributed by atoms with Crippen LogP contribution in [0.3, 0.4) is 0 Å². The van der Waals surface area contributed by atoms with Crippen molar-refractivity contribution < 1.29 is 24.5 Å². The summed E-state index contributed by atoms with van der Waals surface area (Å²) in [7, 11) is 0. The SMILES string of the molecule is CCC/C=C\CCCCCCCC(=O)OC(/C=C/C/C=C\CCCCCCCC)CC(=O)NC(CO)C(O)CCCCCCCCCCC. The molecule has 0 aliphatic carbocycles. The maximum Gasteiger partial charge on any atom is 0.306 e. The number of hydrogen-bond acceptors (Lipinski definition) is 5. The molecule has 0 radical (unpaired) electrons. The van der Waals surface area contributed by atoms with E-state index in [1.54, 1.807) is 0 Å². The van der Waals surface area contributed by atoms with Crippen molar-refractivity contribution in [2.75, 3.05) is 6.61 Å². The first-order valence-electron chi connectivity index (χ1n) is 20.7. The van der Waals surface area contributed by atoms with E-state index in [0.29, 0.717) is 12.8 Å². The van der Waals surface area contributed by atoms with Gasteiger partial charge in [-0.05, 0) is 57.4 Å². The summed E-state index contributed by atoms with van der Waals surface area (Å²) in [5.41, 5.74) is 0. The number of ether oxygens (including phenoxy) is 1. The van der Waals surface area contributed by atoms with Crippen LogP contribution < -0.4 is 5.32 Å². The van der Waals surface area contributed by atoms with Gasteiger partial charge in [0.25, 0.3) is 0 Å². The zero-order valence-electron chi connectivity index (χ0n) is 32.3. The van der Waals surface area contributed by atoms with Crippen molar-refractivity contribution in [2.45, 2.75) is 219 Å². The number of aliphatic hydroxyl groups is 2. The van der Waals surface area contributed by atoms with Crippen LogP contribution >= 0.6 is 0 Å². The topological polar surface area (TPSA) is 95.9 Å². The van der Waals surface area contributed by atoms with Crippen molar-refractivity contribution >= 4 is 11.9 Å². The van der Waals surface area contributed by atoms with Gasteiger partial charge >= 0.3 is 5.97 Å². The lowest BCUT2D eigenvalue weighted by Crippen LogP contribution is -2.46. The van der Waals surface area contributed by atoms with Gasteiger partial charge in [-0.25, -0.2) is 0 Å². The number of carbonyl (C=O) groups is 2. The normalized spacial score (nSPS) is 13.8. The van der Waals surface area contributed by atoms with Crippen LogP contribution in [0.5, 0.6) is 0 Å². The number of hydrogen-bond donors (Lipinski definition) is 3. The van der Waals surface area contributed by atoms with Gasteiger partial charge in [-0.1, -0.05) is 167 Å². The molecule has 0 aliphatic rings. The average molecular weight is 690 g/mol. The highest BCUT2D eigenvalue weighted by Crippen LogP contribution is 2.14. The average Bonchev–Trinajstić information content (AvgIpc) is 3.09. The molecule has 6 heteroatoms. The first-order valence-corrected chi connectivity index (χ1v) is 20.7. The molecule has 0 saturated heterocycles. The number of amides is 1. The molecule has 6 nitrogen and oxygen atoms in total. The van der Waals surface area contributed by atoms with Gasteiger partial charge in [0.05, 0.1) is 25.2 Å². The zero-order valence-corrected chi connectivity index (χ0v) is 32.3. The highest BCUT2D eigenvalue weighted by atomic mass is 16.5. The Morgan fingerprint density at radius 2 is 1.12 bits per heavy atom. The van der Waals surface area contributed by atoms with Crippen LogP contribution in [0, 0.1) is 0 Å². The van der Waals surface area contributed by atoms with Crippen LogP contribution in [-0.2, 0) is 14.3 Å². The van der Waals surface area contributed by atoms with Crippen LogP contribution in [-0.4, -0.2) is 46.9 Å². The smallest absolute Gasteiger partial charge is 0.306 e. The van der Waals surface area contributed by atoms with E-state index in [2.05, 4.69) is 50.4 Å². The molecular formula is C43H79NO5. The van der Waals surface area contributed by atoms with Gasteiger partial charge in [-0.2, -0.15) is 0 Å². The molecule has 3 unspecified atom stereocenters. The van der Waals surface area contributed by atoms with Gasteiger partial charge in [0, 0.05) is 6.42 Å². The largest absolute Gasteiger partial charge is 0.458 e. The zero-order chi connectivity index (χ0) is 36.0. The van der Waals surface area contributed by atoms with E-state index in [1.165, 1.54) is 96.3 Å². The maximum atomic E-state index is 13.0. The molecule has 0 aromatic heterocycles. The van der Waals surface area contributed by atoms with Crippen molar-refractivity contribution in [3.05, 3.63) is 36.5 Å². The highest BCUT2D eigenvalue weighted by Gasteiger charge is 2.23. The fraction of sp³-hybridized carbons (Fsp3) is 0.814. The van der Waals surface area contributed by atoms with E-state index in [1.807, 2.05) is 12.2 Å². The summed E-state index contributed by atoms with van der Waals surface area (Å²) in [5.74, 6) is -0.619. The Morgan fingerprint density at radius 3 is 1.69 bits per heavy atom. The Morgan fingerprint density at radius 1 is 0.612 bits per heavy atom. The van der Waals surface area contributed by atoms with Crippen molar-refractivity contribution in [1.29, 1.82) is 0 Å². The summed E-state index contributed by atoms with van der Waals surface area (Å²) >= 11 is 0. The van der Waals surface area contributed by atoms with Gasteiger partial charge in [-0.15, -0.1) is 0 Å². The molecule has 3 atom stereocenters. The van der Waals surface area contributed by atoms with Crippen molar-refractivity contribution in [1.82, 2.24) is 5.32 Å². The summed E-state index contributed by atoms with van der Waals surface area (Å²) in [4.78, 5) is 25.7. The molecule has 0 fully saturated rings. The molecular weight excluding hydrogens is 610 g/mol. The summed E-state index contributed by atoms with van der Waals surface area (Å²) in [5, 5.41) is 23.4. The molecule has 0 aromatic rings. The number of aliphatic hydroxyl groups excluding tert-OH is 2. The fourth-order valence-electron chi connectivity index (χ4n) is 5.98. The molecule has 0 rings (SSSR count). The predicted molar refractivity (Wildman–Crippen MR) is 209 cm³/mol. The standard InChI is InChI=1S/C43H79NO5/c1-4-7-10-13-16-19-21-23-25-28-31-34-39(49-43(48)36-33-30-27-24-20-17-14-11-8-5-2)37-42(47)44-40(38-45)41(46)35-32-29-26-22-18-15-12-9-6-3/h11,14,23,25,31,34,39-41,45-46H,4-10,12-13,15-22,24,26-30,32-33,35-38H2,1-3H3,(H,44,47)/b14-11-,25-23-,34-31+. The Hall–Kier alpha value is -1.92. The third-order valence-electron chi connectivity index (χ3n) is 9.17. The Bertz CT molecular complexity index is 823. The Labute approximate surface area is 303 Å². The van der Waals surface area contributed by atoms with Gasteiger partial charge < -0.3 is 20.3 Å². The lowest BCUT2D eigenvalue weighted by atomic mass is 10.0. The highest BCUT2D eigenvalue weighted by molar-refractivity contribution is 5.78. The second-order valence-electron chi connectivity index (χ2n) is 14.0. The number of allylic oxidation sites excluding steroid dienone is 5. The predicted octanol–water partition coefficient (Wildman–Crippen LogP) is 11.4. The number of unbranched alkanes of at least 4 members (excludes halogenated alkanes) is 20. The minimum atomic E-state index is -0.806. The van der Waals surface area contributed by atoms with Gasteiger partial charge in [0.2, 0.25) is 5.91 Å². The molecule has 49 heavy (non-hydrogen) atoms. The lowest BCUT2D eigenvalue weighted by Gasteiger charge is -2.23. The molecule has 0 heterocycles. The van der Waals surface area contributed by atoms with E-state index >= 15 is 0 Å². The Balaban J connectivity index is 4.74. The molecule has 1 amide bonds. The van der Waals surface area contributed by atoms with Crippen molar-refractivity contribution in [3.8, 4) is 0 Å². The second-order valence-corrected chi connectivity index (χ2v) is 14.0. The number of rotatable bonds is 36. The number of esters is 1. The fourth-order valence-corrected chi connectivity index (χ4v) is 5.98. The molecule has 0 bridgehead atoms. The van der Waals surface area contributed by atoms with E-state index in [9.17, 15) is 19.8 Å². The van der Waals surface area contributed by atoms with Crippen LogP contribution in [0.25, 0.3) is 0 Å². The second kappa shape index (κ2) is 37.3. The van der Waals surface area contributed by atoms with E-state index in [-0.39, 0.29) is 24.9 Å². The molecule has 0 aromatic carbocycles. The monoisotopic (exact) mass is 690 g/mol. The van der Waals surface area contributed by atoms with Crippen LogP contribution in [0.15, 0.2) is 36.5 Å². The summed E-state index contributed by atoms with van der Waals surface area (Å²) < 4.78 is 5.76. The van der Waals surface area contributed by atoms with Gasteiger partial charge in [-0.3, -0.25) is 9.59 Å². The van der Waals surface area contributed by atoms with E-state index < -0.39 is 18.2 Å². The van der Waals surface area contributed by atoms with Crippen LogP contribution in [0.2, 0.25) is 0 Å². The third kappa shape index (κ3) is 33.0. The maximum absolute atomic E-state index is 13.0. The first kappa shape index (κ1) is 47.1. The lowest BCUT2D eigenvalue weighted by molar-refractivity contribution is -0.148. The molecule has 3 N–H and O–H groups in total. The quantitative estimate of drug-likeness (QED) is 0.0346. The first-order chi connectivity index (χ1) is 24.0. The number of carbonyl (C=O) groups excluding carboxylic acids is 2. The molecule has 0 aliphatic heterocycles. The van der Waals surface area contributed by atoms with Gasteiger partial charge in [0.1, 0.15) is 6.10 Å². The third-order valence-corrected chi connectivity index (χ3v) is 9.17. The molecule has 286 valence electrons. The Kier molecular flexibility index (Phi) is 35.9. The van der Waals surface area contributed by atoms with Crippen molar-refractivity contribution in [3.63, 3.8) is 0 Å². The molecule has 0 saturated carbocycles. The van der Waals surface area contributed by atoms with Gasteiger partial charge in [0.15, 0.2) is 0 Å². The molecule has 0 spiro atoms. The van der Waals surface area contributed by atoms with E-state index in [4.69, 9.17) is 4.74 Å².